The highest BCUT2D eigenvalue weighted by atomic mass is 16.2. The van der Waals surface area contributed by atoms with Crippen molar-refractivity contribution in [3.8, 4) is 0 Å². The number of pyridine rings is 1. The Morgan fingerprint density at radius 3 is 2.14 bits per heavy atom. The maximum absolute atomic E-state index is 12.2. The Kier molecular flexibility index (Phi) is 4.81. The second-order valence-corrected chi connectivity index (χ2v) is 5.88. The molecule has 0 bridgehead atoms. The van der Waals surface area contributed by atoms with Crippen molar-refractivity contribution >= 4 is 11.6 Å². The fourth-order valence-electron chi connectivity index (χ4n) is 2.43. The summed E-state index contributed by atoms with van der Waals surface area (Å²) in [6.45, 7) is 8.13. The molecule has 2 rings (SSSR count). The summed E-state index contributed by atoms with van der Waals surface area (Å²) in [5.41, 5.74) is 3.57. The van der Waals surface area contributed by atoms with Crippen molar-refractivity contribution in [3.05, 3.63) is 63.6 Å². The van der Waals surface area contributed by atoms with Crippen LogP contribution in [-0.4, -0.2) is 10.5 Å². The van der Waals surface area contributed by atoms with Crippen LogP contribution in [0.4, 0.5) is 5.69 Å². The number of benzene rings is 1. The number of nitrogens with zero attached hydrogens (tertiary/aromatic N) is 1. The van der Waals surface area contributed by atoms with Crippen LogP contribution in [-0.2, 0) is 11.3 Å². The van der Waals surface area contributed by atoms with Gasteiger partial charge in [0.15, 0.2) is 5.43 Å². The number of amides is 1. The third kappa shape index (κ3) is 3.85. The largest absolute Gasteiger partial charge is 0.340 e. The number of aryl methyl sites for hydroxylation is 2. The lowest BCUT2D eigenvalue weighted by Gasteiger charge is -2.14. The first-order valence-electron chi connectivity index (χ1n) is 7.44. The van der Waals surface area contributed by atoms with Crippen LogP contribution in [0.5, 0.6) is 0 Å². The lowest BCUT2D eigenvalue weighted by Crippen LogP contribution is -2.23. The van der Waals surface area contributed by atoms with Gasteiger partial charge in [-0.05, 0) is 37.5 Å². The van der Waals surface area contributed by atoms with E-state index in [1.807, 2.05) is 42.7 Å². The molecule has 116 valence electrons. The highest BCUT2D eigenvalue weighted by Crippen LogP contribution is 2.17. The lowest BCUT2D eigenvalue weighted by atomic mass is 10.0. The summed E-state index contributed by atoms with van der Waals surface area (Å²) < 4.78 is 1.83. The zero-order valence-electron chi connectivity index (χ0n) is 13.5. The van der Waals surface area contributed by atoms with Crippen LogP contribution in [0.25, 0.3) is 0 Å². The minimum atomic E-state index is -0.104. The molecular weight excluding hydrogens is 276 g/mol. The van der Waals surface area contributed by atoms with Crippen molar-refractivity contribution in [2.75, 3.05) is 5.32 Å². The summed E-state index contributed by atoms with van der Waals surface area (Å²) in [5, 5.41) is 2.89. The Hall–Kier alpha value is -2.36. The summed E-state index contributed by atoms with van der Waals surface area (Å²) >= 11 is 0. The fourth-order valence-corrected chi connectivity index (χ4v) is 2.43. The van der Waals surface area contributed by atoms with Crippen LogP contribution in [0.2, 0.25) is 0 Å². The van der Waals surface area contributed by atoms with Crippen molar-refractivity contribution in [3.63, 3.8) is 0 Å². The molecule has 4 heteroatoms. The van der Waals surface area contributed by atoms with Gasteiger partial charge in [-0.1, -0.05) is 26.0 Å². The molecule has 4 nitrogen and oxygen atoms in total. The number of hydrogen-bond donors (Lipinski definition) is 1. The first-order valence-corrected chi connectivity index (χ1v) is 7.44. The van der Waals surface area contributed by atoms with E-state index in [9.17, 15) is 9.59 Å². The molecule has 0 unspecified atom stereocenters. The SMILES string of the molecule is Cc1cc(=O)cc(C)n1CC(=O)Nc1ccc(C(C)C)cc1. The van der Waals surface area contributed by atoms with E-state index in [0.29, 0.717) is 5.92 Å². The van der Waals surface area contributed by atoms with E-state index < -0.39 is 0 Å². The fraction of sp³-hybridized carbons (Fsp3) is 0.333. The van der Waals surface area contributed by atoms with E-state index in [0.717, 1.165) is 17.1 Å². The normalized spacial score (nSPS) is 10.8. The van der Waals surface area contributed by atoms with Gasteiger partial charge in [-0.3, -0.25) is 9.59 Å². The number of aromatic nitrogens is 1. The Bertz CT molecular complexity index is 701. The van der Waals surface area contributed by atoms with E-state index in [4.69, 9.17) is 0 Å². The molecule has 0 aliphatic rings. The highest BCUT2D eigenvalue weighted by molar-refractivity contribution is 5.90. The number of anilines is 1. The highest BCUT2D eigenvalue weighted by Gasteiger charge is 2.08. The lowest BCUT2D eigenvalue weighted by molar-refractivity contribution is -0.116. The average molecular weight is 298 g/mol. The van der Waals surface area contributed by atoms with Crippen LogP contribution in [0, 0.1) is 13.8 Å². The van der Waals surface area contributed by atoms with Crippen molar-refractivity contribution in [2.45, 2.75) is 40.2 Å². The molecule has 2 aromatic rings. The number of rotatable bonds is 4. The second-order valence-electron chi connectivity index (χ2n) is 5.88. The summed E-state index contributed by atoms with van der Waals surface area (Å²) in [6.07, 6.45) is 0. The molecule has 1 heterocycles. The average Bonchev–Trinajstić information content (AvgIpc) is 2.43. The van der Waals surface area contributed by atoms with E-state index in [1.165, 1.54) is 17.7 Å². The molecule has 0 radical (unpaired) electrons. The van der Waals surface area contributed by atoms with Gasteiger partial charge in [-0.15, -0.1) is 0 Å². The van der Waals surface area contributed by atoms with Crippen LogP contribution >= 0.6 is 0 Å². The van der Waals surface area contributed by atoms with Gasteiger partial charge in [0.05, 0.1) is 0 Å². The summed E-state index contributed by atoms with van der Waals surface area (Å²) in [5.74, 6) is 0.364. The van der Waals surface area contributed by atoms with Gasteiger partial charge in [-0.25, -0.2) is 0 Å². The van der Waals surface area contributed by atoms with Crippen LogP contribution in [0.3, 0.4) is 0 Å². The molecular formula is C18H22N2O2. The van der Waals surface area contributed by atoms with Gasteiger partial charge in [0.2, 0.25) is 5.91 Å². The Balaban J connectivity index is 2.09. The number of carbonyl (C=O) groups excluding carboxylic acids is 1. The van der Waals surface area contributed by atoms with E-state index >= 15 is 0 Å². The molecule has 1 aromatic heterocycles. The Labute approximate surface area is 130 Å². The molecule has 1 aromatic carbocycles. The minimum absolute atomic E-state index is 0.0315. The summed E-state index contributed by atoms with van der Waals surface area (Å²) in [6, 6.07) is 11.0. The Morgan fingerprint density at radius 1 is 1.09 bits per heavy atom. The predicted octanol–water partition coefficient (Wildman–Crippen LogP) is 3.23. The summed E-state index contributed by atoms with van der Waals surface area (Å²) in [4.78, 5) is 23.6. The zero-order valence-corrected chi connectivity index (χ0v) is 13.5. The van der Waals surface area contributed by atoms with Crippen molar-refractivity contribution in [1.82, 2.24) is 4.57 Å². The topological polar surface area (TPSA) is 51.1 Å². The quantitative estimate of drug-likeness (QED) is 0.942. The van der Waals surface area contributed by atoms with Crippen LogP contribution in [0.15, 0.2) is 41.2 Å². The van der Waals surface area contributed by atoms with Crippen molar-refractivity contribution in [1.29, 1.82) is 0 Å². The van der Waals surface area contributed by atoms with Gasteiger partial charge in [-0.2, -0.15) is 0 Å². The number of nitrogens with one attached hydrogen (secondary N) is 1. The molecule has 0 fully saturated rings. The maximum Gasteiger partial charge on any atom is 0.244 e. The van der Waals surface area contributed by atoms with Crippen molar-refractivity contribution in [2.24, 2.45) is 0 Å². The van der Waals surface area contributed by atoms with Crippen LogP contribution in [0.1, 0.15) is 36.7 Å². The molecule has 0 saturated carbocycles. The van der Waals surface area contributed by atoms with E-state index in [1.54, 1.807) is 0 Å². The first-order chi connectivity index (χ1) is 10.4. The Morgan fingerprint density at radius 2 is 1.64 bits per heavy atom. The van der Waals surface area contributed by atoms with E-state index in [-0.39, 0.29) is 17.9 Å². The number of hydrogen-bond acceptors (Lipinski definition) is 2. The van der Waals surface area contributed by atoms with Crippen molar-refractivity contribution < 1.29 is 4.79 Å². The monoisotopic (exact) mass is 298 g/mol. The zero-order chi connectivity index (χ0) is 16.3. The molecule has 0 aliphatic heterocycles. The van der Waals surface area contributed by atoms with Gasteiger partial charge in [0.1, 0.15) is 6.54 Å². The molecule has 1 N–H and O–H groups in total. The van der Waals surface area contributed by atoms with Gasteiger partial charge in [0, 0.05) is 29.2 Å². The second kappa shape index (κ2) is 6.60. The first kappa shape index (κ1) is 16.0. The smallest absolute Gasteiger partial charge is 0.244 e. The third-order valence-corrected chi connectivity index (χ3v) is 3.72. The standard InChI is InChI=1S/C18H22N2O2/c1-12(2)15-5-7-16(8-6-15)19-18(22)11-20-13(3)9-17(21)10-14(20)4/h5-10,12H,11H2,1-4H3,(H,19,22). The maximum atomic E-state index is 12.2. The minimum Gasteiger partial charge on any atom is -0.340 e. The van der Waals surface area contributed by atoms with E-state index in [2.05, 4.69) is 19.2 Å². The molecule has 1 amide bonds. The molecule has 0 atom stereocenters. The predicted molar refractivity (Wildman–Crippen MR) is 89.3 cm³/mol. The van der Waals surface area contributed by atoms with Gasteiger partial charge >= 0.3 is 0 Å². The molecule has 0 saturated heterocycles. The number of carbonyl (C=O) groups is 1. The molecule has 0 aliphatic carbocycles. The van der Waals surface area contributed by atoms with Gasteiger partial charge in [0.25, 0.3) is 0 Å². The van der Waals surface area contributed by atoms with Crippen LogP contribution < -0.4 is 10.7 Å². The van der Waals surface area contributed by atoms with Gasteiger partial charge < -0.3 is 9.88 Å². The summed E-state index contributed by atoms with van der Waals surface area (Å²) in [7, 11) is 0. The third-order valence-electron chi connectivity index (χ3n) is 3.72. The molecule has 0 spiro atoms. The molecule has 22 heavy (non-hydrogen) atoms.